The van der Waals surface area contributed by atoms with Crippen LogP contribution in [0.25, 0.3) is 0 Å². The first-order valence-electron chi connectivity index (χ1n) is 9.42. The molecule has 0 unspecified atom stereocenters. The fraction of sp³-hybridized carbons (Fsp3) is 0.381. The first kappa shape index (κ1) is 19.6. The predicted octanol–water partition coefficient (Wildman–Crippen LogP) is 3.22. The number of sulfonamides is 1. The van der Waals surface area contributed by atoms with Crippen LogP contribution in [0.2, 0.25) is 0 Å². The van der Waals surface area contributed by atoms with E-state index in [2.05, 4.69) is 17.4 Å². The Morgan fingerprint density at radius 3 is 2.30 bits per heavy atom. The third-order valence-corrected chi connectivity index (χ3v) is 6.82. The van der Waals surface area contributed by atoms with Crippen LogP contribution in [0, 0.1) is 0 Å². The molecule has 1 atom stereocenters. The van der Waals surface area contributed by atoms with Gasteiger partial charge >= 0.3 is 0 Å². The standard InChI is InChI=1S/C21H26N2O3S/c1-17(9-10-18-7-3-2-4-8-18)22-21(24)19-11-13-20(14-12-19)27(25,26)23-15-5-6-16-23/h2-4,7-8,11-14,17H,5-6,9-10,15-16H2,1H3,(H,22,24)/t17-/m0/s1. The van der Waals surface area contributed by atoms with Crippen LogP contribution in [-0.2, 0) is 16.4 Å². The molecule has 0 aliphatic carbocycles. The lowest BCUT2D eigenvalue weighted by Gasteiger charge is -2.16. The predicted molar refractivity (Wildman–Crippen MR) is 106 cm³/mol. The number of hydrogen-bond acceptors (Lipinski definition) is 3. The fourth-order valence-corrected chi connectivity index (χ4v) is 4.78. The largest absolute Gasteiger partial charge is 0.350 e. The van der Waals surface area contributed by atoms with Gasteiger partial charge in [0.2, 0.25) is 10.0 Å². The number of rotatable bonds is 7. The van der Waals surface area contributed by atoms with Crippen LogP contribution in [0.3, 0.4) is 0 Å². The van der Waals surface area contributed by atoms with Crippen LogP contribution in [0.1, 0.15) is 42.1 Å². The zero-order valence-corrected chi connectivity index (χ0v) is 16.4. The van der Waals surface area contributed by atoms with Crippen LogP contribution >= 0.6 is 0 Å². The van der Waals surface area contributed by atoms with Crippen molar-refractivity contribution in [2.24, 2.45) is 0 Å². The second kappa shape index (κ2) is 8.67. The smallest absolute Gasteiger partial charge is 0.251 e. The third kappa shape index (κ3) is 4.96. The molecule has 1 fully saturated rings. The summed E-state index contributed by atoms with van der Waals surface area (Å²) in [6.45, 7) is 3.13. The van der Waals surface area contributed by atoms with Crippen LogP contribution in [-0.4, -0.2) is 37.8 Å². The van der Waals surface area contributed by atoms with Gasteiger partial charge in [-0.3, -0.25) is 4.79 Å². The number of benzene rings is 2. The van der Waals surface area contributed by atoms with E-state index in [1.807, 2.05) is 25.1 Å². The number of carbonyl (C=O) groups excluding carboxylic acids is 1. The molecule has 5 nitrogen and oxygen atoms in total. The molecule has 6 heteroatoms. The van der Waals surface area contributed by atoms with Gasteiger partial charge in [-0.05, 0) is 62.4 Å². The van der Waals surface area contributed by atoms with Gasteiger partial charge in [0.25, 0.3) is 5.91 Å². The lowest BCUT2D eigenvalue weighted by molar-refractivity contribution is 0.0938. The average Bonchev–Trinajstić information content (AvgIpc) is 3.23. The zero-order valence-electron chi connectivity index (χ0n) is 15.6. The molecule has 2 aromatic rings. The molecule has 1 amide bonds. The molecule has 0 radical (unpaired) electrons. The molecular formula is C21H26N2O3S. The van der Waals surface area contributed by atoms with E-state index < -0.39 is 10.0 Å². The topological polar surface area (TPSA) is 66.5 Å². The maximum absolute atomic E-state index is 12.5. The van der Waals surface area contributed by atoms with Crippen LogP contribution in [0.4, 0.5) is 0 Å². The van der Waals surface area contributed by atoms with Gasteiger partial charge in [-0.25, -0.2) is 8.42 Å². The van der Waals surface area contributed by atoms with Crippen molar-refractivity contribution in [1.82, 2.24) is 9.62 Å². The molecule has 3 rings (SSSR count). The van der Waals surface area contributed by atoms with E-state index in [-0.39, 0.29) is 16.8 Å². The van der Waals surface area contributed by atoms with Crippen molar-refractivity contribution in [2.45, 2.75) is 43.5 Å². The van der Waals surface area contributed by atoms with E-state index in [4.69, 9.17) is 0 Å². The minimum absolute atomic E-state index is 0.0331. The van der Waals surface area contributed by atoms with Gasteiger partial charge in [0.05, 0.1) is 4.90 Å². The van der Waals surface area contributed by atoms with E-state index in [1.165, 1.54) is 22.0 Å². The van der Waals surface area contributed by atoms with Crippen LogP contribution in [0.15, 0.2) is 59.5 Å². The summed E-state index contributed by atoms with van der Waals surface area (Å²) in [6, 6.07) is 16.4. The molecule has 1 N–H and O–H groups in total. The lowest BCUT2D eigenvalue weighted by Crippen LogP contribution is -2.33. The Kier molecular flexibility index (Phi) is 6.29. The number of aryl methyl sites for hydroxylation is 1. The van der Waals surface area contributed by atoms with E-state index in [1.54, 1.807) is 12.1 Å². The Labute approximate surface area is 161 Å². The Balaban J connectivity index is 1.57. The average molecular weight is 387 g/mol. The lowest BCUT2D eigenvalue weighted by atomic mass is 10.1. The molecule has 1 heterocycles. The van der Waals surface area contributed by atoms with Crippen molar-refractivity contribution >= 4 is 15.9 Å². The van der Waals surface area contributed by atoms with E-state index >= 15 is 0 Å². The van der Waals surface area contributed by atoms with Gasteiger partial charge in [-0.2, -0.15) is 4.31 Å². The fourth-order valence-electron chi connectivity index (χ4n) is 3.26. The van der Waals surface area contributed by atoms with Crippen molar-refractivity contribution in [2.75, 3.05) is 13.1 Å². The minimum atomic E-state index is -3.44. The maximum atomic E-state index is 12.5. The highest BCUT2D eigenvalue weighted by Crippen LogP contribution is 2.21. The Morgan fingerprint density at radius 2 is 1.67 bits per heavy atom. The SMILES string of the molecule is C[C@@H](CCc1ccccc1)NC(=O)c1ccc(S(=O)(=O)N2CCCC2)cc1. The zero-order chi connectivity index (χ0) is 19.3. The summed E-state index contributed by atoms with van der Waals surface area (Å²) in [4.78, 5) is 12.7. The molecule has 0 spiro atoms. The van der Waals surface area contributed by atoms with Crippen molar-refractivity contribution in [1.29, 1.82) is 0 Å². The summed E-state index contributed by atoms with van der Waals surface area (Å²) in [7, 11) is -3.44. The molecular weight excluding hydrogens is 360 g/mol. The normalized spacial score (nSPS) is 16.2. The van der Waals surface area contributed by atoms with Gasteiger partial charge in [0.1, 0.15) is 0 Å². The molecule has 0 bridgehead atoms. The highest BCUT2D eigenvalue weighted by Gasteiger charge is 2.27. The van der Waals surface area contributed by atoms with Crippen molar-refractivity contribution in [3.8, 4) is 0 Å². The van der Waals surface area contributed by atoms with Gasteiger partial charge in [0, 0.05) is 24.7 Å². The molecule has 0 aromatic heterocycles. The van der Waals surface area contributed by atoms with Crippen LogP contribution < -0.4 is 5.32 Å². The van der Waals surface area contributed by atoms with Crippen molar-refractivity contribution in [3.05, 3.63) is 65.7 Å². The van der Waals surface area contributed by atoms with E-state index in [0.29, 0.717) is 18.7 Å². The minimum Gasteiger partial charge on any atom is -0.350 e. The third-order valence-electron chi connectivity index (χ3n) is 4.91. The second-order valence-electron chi connectivity index (χ2n) is 7.03. The van der Waals surface area contributed by atoms with E-state index in [0.717, 1.165) is 25.7 Å². The second-order valence-corrected chi connectivity index (χ2v) is 8.97. The summed E-state index contributed by atoms with van der Waals surface area (Å²) in [5.41, 5.74) is 1.72. The molecule has 1 saturated heterocycles. The summed E-state index contributed by atoms with van der Waals surface area (Å²) < 4.78 is 26.6. The number of carbonyl (C=O) groups is 1. The maximum Gasteiger partial charge on any atom is 0.251 e. The molecule has 1 aliphatic heterocycles. The summed E-state index contributed by atoms with van der Waals surface area (Å²) in [5, 5.41) is 2.98. The summed E-state index contributed by atoms with van der Waals surface area (Å²) >= 11 is 0. The van der Waals surface area contributed by atoms with Crippen molar-refractivity contribution in [3.63, 3.8) is 0 Å². The molecule has 1 aliphatic rings. The number of nitrogens with zero attached hydrogens (tertiary/aromatic N) is 1. The highest BCUT2D eigenvalue weighted by atomic mass is 32.2. The first-order chi connectivity index (χ1) is 13.0. The van der Waals surface area contributed by atoms with Gasteiger partial charge in [-0.1, -0.05) is 30.3 Å². The highest BCUT2D eigenvalue weighted by molar-refractivity contribution is 7.89. The van der Waals surface area contributed by atoms with Crippen molar-refractivity contribution < 1.29 is 13.2 Å². The number of nitrogens with one attached hydrogen (secondary N) is 1. The Hall–Kier alpha value is -2.18. The number of amides is 1. The number of hydrogen-bond donors (Lipinski definition) is 1. The van der Waals surface area contributed by atoms with E-state index in [9.17, 15) is 13.2 Å². The first-order valence-corrected chi connectivity index (χ1v) is 10.9. The Bertz CT molecular complexity index is 858. The van der Waals surface area contributed by atoms with Crippen LogP contribution in [0.5, 0.6) is 0 Å². The molecule has 0 saturated carbocycles. The van der Waals surface area contributed by atoms with Gasteiger partial charge < -0.3 is 5.32 Å². The molecule has 144 valence electrons. The molecule has 27 heavy (non-hydrogen) atoms. The quantitative estimate of drug-likeness (QED) is 0.794. The van der Waals surface area contributed by atoms with Gasteiger partial charge in [0.15, 0.2) is 0 Å². The Morgan fingerprint density at radius 1 is 1.04 bits per heavy atom. The van der Waals surface area contributed by atoms with Gasteiger partial charge in [-0.15, -0.1) is 0 Å². The monoisotopic (exact) mass is 386 g/mol. The summed E-state index contributed by atoms with van der Waals surface area (Å²) in [5.74, 6) is -0.180. The summed E-state index contributed by atoms with van der Waals surface area (Å²) in [6.07, 6.45) is 3.55. The molecule has 2 aromatic carbocycles.